The van der Waals surface area contributed by atoms with E-state index in [2.05, 4.69) is 20.7 Å². The molecular formula is C24H23N5O5. The van der Waals surface area contributed by atoms with Gasteiger partial charge in [-0.05, 0) is 38.1 Å². The van der Waals surface area contributed by atoms with Crippen LogP contribution in [0.15, 0.2) is 74.4 Å². The van der Waals surface area contributed by atoms with Crippen LogP contribution in [0.2, 0.25) is 0 Å². The maximum absolute atomic E-state index is 12.8. The number of nitrogens with zero attached hydrogens (tertiary/aromatic N) is 2. The van der Waals surface area contributed by atoms with Gasteiger partial charge in [0.25, 0.3) is 11.1 Å². The number of hydrogen-bond acceptors (Lipinski definition) is 7. The lowest BCUT2D eigenvalue weighted by atomic mass is 10.2. The molecule has 1 amide bonds. The minimum Gasteiger partial charge on any atom is -0.462 e. The number of esters is 1. The Labute approximate surface area is 193 Å². The Morgan fingerprint density at radius 1 is 1.06 bits per heavy atom. The summed E-state index contributed by atoms with van der Waals surface area (Å²) in [5, 5.41) is 8.85. The predicted molar refractivity (Wildman–Crippen MR) is 128 cm³/mol. The van der Waals surface area contributed by atoms with Gasteiger partial charge in [-0.2, -0.15) is 0 Å². The zero-order valence-corrected chi connectivity index (χ0v) is 18.7. The van der Waals surface area contributed by atoms with Crippen molar-refractivity contribution in [3.63, 3.8) is 0 Å². The lowest BCUT2D eigenvalue weighted by Gasteiger charge is -2.13. The van der Waals surface area contributed by atoms with Crippen LogP contribution in [-0.4, -0.2) is 34.1 Å². The van der Waals surface area contributed by atoms with Crippen molar-refractivity contribution in [2.45, 2.75) is 26.8 Å². The molecule has 0 saturated carbocycles. The maximum Gasteiger partial charge on any atom is 0.343 e. The summed E-state index contributed by atoms with van der Waals surface area (Å²) in [4.78, 5) is 54.9. The molecule has 3 N–H and O–H groups in total. The van der Waals surface area contributed by atoms with Gasteiger partial charge >= 0.3 is 5.97 Å². The summed E-state index contributed by atoms with van der Waals surface area (Å²) < 4.78 is 6.26. The monoisotopic (exact) mass is 461 g/mol. The Balaban J connectivity index is 1.60. The summed E-state index contributed by atoms with van der Waals surface area (Å²) in [5.41, 5.74) is 0.948. The summed E-state index contributed by atoms with van der Waals surface area (Å²) in [6.45, 7) is 3.46. The molecule has 10 heteroatoms. The van der Waals surface area contributed by atoms with Crippen LogP contribution in [0.4, 0.5) is 11.4 Å². The summed E-state index contributed by atoms with van der Waals surface area (Å²) >= 11 is 0. The second-order valence-corrected chi connectivity index (χ2v) is 7.56. The number of carbonyl (C=O) groups is 2. The molecule has 2 heterocycles. The fraction of sp³-hybridized carbons (Fsp3) is 0.208. The standard InChI is InChI=1S/C24H23N5O5/c1-3-34-24(33)20-14(2)25-17-10-6-7-11-18(17)26-21(20)27-19(30)12-13-29-23(32)16-9-5-4-8-15(16)22(31)28-29/h4-11,25H,3,12-13H2,1-2H3,(H,28,31)(H,26,27,30). The van der Waals surface area contributed by atoms with Crippen molar-refractivity contribution in [1.29, 1.82) is 0 Å². The molecule has 0 radical (unpaired) electrons. The third kappa shape index (κ3) is 4.51. The van der Waals surface area contributed by atoms with Crippen molar-refractivity contribution in [1.82, 2.24) is 15.1 Å². The van der Waals surface area contributed by atoms with Gasteiger partial charge in [0.1, 0.15) is 11.4 Å². The number of ether oxygens (including phenoxy) is 1. The van der Waals surface area contributed by atoms with Crippen molar-refractivity contribution in [2.24, 2.45) is 4.99 Å². The molecule has 4 rings (SSSR count). The highest BCUT2D eigenvalue weighted by molar-refractivity contribution is 6.24. The third-order valence-electron chi connectivity index (χ3n) is 5.25. The normalized spacial score (nSPS) is 12.9. The maximum atomic E-state index is 12.8. The summed E-state index contributed by atoms with van der Waals surface area (Å²) in [5.74, 6) is -1.08. The lowest BCUT2D eigenvalue weighted by Crippen LogP contribution is -2.37. The van der Waals surface area contributed by atoms with Crippen LogP contribution in [0.3, 0.4) is 0 Å². The fourth-order valence-corrected chi connectivity index (χ4v) is 3.65. The van der Waals surface area contributed by atoms with E-state index in [9.17, 15) is 19.2 Å². The first-order chi connectivity index (χ1) is 16.4. The highest BCUT2D eigenvalue weighted by atomic mass is 16.5. The Kier molecular flexibility index (Phi) is 6.39. The third-order valence-corrected chi connectivity index (χ3v) is 5.25. The summed E-state index contributed by atoms with van der Waals surface area (Å²) in [7, 11) is 0. The molecule has 1 aliphatic heterocycles. The average molecular weight is 461 g/mol. The van der Waals surface area contributed by atoms with Crippen molar-refractivity contribution in [2.75, 3.05) is 11.9 Å². The Bertz CT molecular complexity index is 1460. The minimum atomic E-state index is -0.630. The molecule has 174 valence electrons. The molecule has 1 aromatic heterocycles. The van der Waals surface area contributed by atoms with E-state index in [1.54, 1.807) is 56.3 Å². The first-order valence-corrected chi connectivity index (χ1v) is 10.7. The van der Waals surface area contributed by atoms with Crippen LogP contribution in [0.25, 0.3) is 10.8 Å². The number of rotatable bonds is 5. The molecule has 0 fully saturated rings. The average Bonchev–Trinajstić information content (AvgIpc) is 2.95. The van der Waals surface area contributed by atoms with Gasteiger partial charge < -0.3 is 15.4 Å². The van der Waals surface area contributed by atoms with Crippen LogP contribution in [0.1, 0.15) is 20.3 Å². The number of aromatic amines is 1. The molecule has 0 aliphatic carbocycles. The number of carbonyl (C=O) groups excluding carboxylic acids is 2. The SMILES string of the molecule is CCOC(=O)C1=C(C)Nc2ccccc2N=C1NC(=O)CCn1[nH]c(=O)c2ccccc2c1=O. The van der Waals surface area contributed by atoms with E-state index in [0.29, 0.717) is 17.1 Å². The number of aromatic nitrogens is 2. The molecule has 10 nitrogen and oxygen atoms in total. The van der Waals surface area contributed by atoms with E-state index < -0.39 is 23.0 Å². The van der Waals surface area contributed by atoms with Gasteiger partial charge in [0.15, 0.2) is 0 Å². The van der Waals surface area contributed by atoms with Crippen molar-refractivity contribution in [3.05, 3.63) is 80.5 Å². The van der Waals surface area contributed by atoms with E-state index in [0.717, 1.165) is 4.68 Å². The van der Waals surface area contributed by atoms with Gasteiger partial charge in [0.2, 0.25) is 5.91 Å². The summed E-state index contributed by atoms with van der Waals surface area (Å²) in [6, 6.07) is 13.6. The first-order valence-electron chi connectivity index (χ1n) is 10.7. The largest absolute Gasteiger partial charge is 0.462 e. The van der Waals surface area contributed by atoms with Crippen LogP contribution in [0, 0.1) is 0 Å². The Morgan fingerprint density at radius 2 is 1.76 bits per heavy atom. The van der Waals surface area contributed by atoms with E-state index in [1.807, 2.05) is 6.07 Å². The van der Waals surface area contributed by atoms with Gasteiger partial charge in [-0.25, -0.2) is 14.5 Å². The van der Waals surface area contributed by atoms with Gasteiger partial charge in [0, 0.05) is 12.1 Å². The van der Waals surface area contributed by atoms with Gasteiger partial charge in [0.05, 0.1) is 35.3 Å². The number of H-pyrrole nitrogens is 1. The lowest BCUT2D eigenvalue weighted by molar-refractivity contribution is -0.137. The van der Waals surface area contributed by atoms with E-state index in [4.69, 9.17) is 4.74 Å². The molecule has 34 heavy (non-hydrogen) atoms. The molecule has 0 unspecified atom stereocenters. The number of allylic oxidation sites excluding steroid dienone is 1. The molecule has 0 saturated heterocycles. The highest BCUT2D eigenvalue weighted by Crippen LogP contribution is 2.30. The second kappa shape index (κ2) is 9.57. The highest BCUT2D eigenvalue weighted by Gasteiger charge is 2.26. The van der Waals surface area contributed by atoms with Crippen LogP contribution in [0.5, 0.6) is 0 Å². The van der Waals surface area contributed by atoms with E-state index >= 15 is 0 Å². The van der Waals surface area contributed by atoms with Crippen molar-refractivity contribution < 1.29 is 14.3 Å². The van der Waals surface area contributed by atoms with Gasteiger partial charge in [-0.1, -0.05) is 24.3 Å². The van der Waals surface area contributed by atoms with Crippen LogP contribution in [-0.2, 0) is 20.9 Å². The number of amidine groups is 1. The quantitative estimate of drug-likeness (QED) is 0.499. The number of aryl methyl sites for hydroxylation is 1. The Hall–Kier alpha value is -4.47. The molecule has 0 bridgehead atoms. The molecule has 0 spiro atoms. The number of fused-ring (bicyclic) bond motifs is 2. The predicted octanol–water partition coefficient (Wildman–Crippen LogP) is 2.19. The number of nitrogens with one attached hydrogen (secondary N) is 3. The number of benzene rings is 2. The fourth-order valence-electron chi connectivity index (χ4n) is 3.65. The van der Waals surface area contributed by atoms with E-state index in [-0.39, 0.29) is 41.8 Å². The van der Waals surface area contributed by atoms with Crippen LogP contribution >= 0.6 is 0 Å². The zero-order valence-electron chi connectivity index (χ0n) is 18.7. The number of aliphatic imine (C=N–C) groups is 1. The second-order valence-electron chi connectivity index (χ2n) is 7.56. The number of hydrogen-bond donors (Lipinski definition) is 3. The number of para-hydroxylation sites is 2. The van der Waals surface area contributed by atoms with Gasteiger partial charge in [-0.3, -0.25) is 19.5 Å². The molecule has 3 aromatic rings. The zero-order chi connectivity index (χ0) is 24.2. The number of anilines is 1. The molecule has 1 aliphatic rings. The molecule has 0 atom stereocenters. The van der Waals surface area contributed by atoms with Crippen LogP contribution < -0.4 is 21.8 Å². The van der Waals surface area contributed by atoms with Crippen molar-refractivity contribution in [3.8, 4) is 0 Å². The molecule has 2 aromatic carbocycles. The van der Waals surface area contributed by atoms with E-state index in [1.165, 1.54) is 0 Å². The molecular weight excluding hydrogens is 438 g/mol. The topological polar surface area (TPSA) is 135 Å². The van der Waals surface area contributed by atoms with Crippen molar-refractivity contribution >= 4 is 39.9 Å². The van der Waals surface area contributed by atoms with Gasteiger partial charge in [-0.15, -0.1) is 0 Å². The number of amides is 1. The smallest absolute Gasteiger partial charge is 0.343 e. The minimum absolute atomic E-state index is 0.0396. The Morgan fingerprint density at radius 3 is 2.53 bits per heavy atom. The first kappa shape index (κ1) is 22.7. The summed E-state index contributed by atoms with van der Waals surface area (Å²) in [6.07, 6.45) is -0.141.